The summed E-state index contributed by atoms with van der Waals surface area (Å²) in [5.74, 6) is -0.628. The van der Waals surface area contributed by atoms with Crippen LogP contribution >= 0.6 is 23.8 Å². The molecule has 0 aliphatic rings. The van der Waals surface area contributed by atoms with Gasteiger partial charge in [-0.2, -0.15) is 0 Å². The Balaban J connectivity index is 4.55. The van der Waals surface area contributed by atoms with Crippen LogP contribution in [-0.2, 0) is 14.4 Å². The van der Waals surface area contributed by atoms with Crippen molar-refractivity contribution >= 4 is 40.4 Å². The minimum atomic E-state index is -0.426. The number of ether oxygens (including phenoxy) is 1. The minimum Gasteiger partial charge on any atom is -0.485 e. The fourth-order valence-corrected chi connectivity index (χ4v) is 0.731. The summed E-state index contributed by atoms with van der Waals surface area (Å²) in [5.41, 5.74) is -0.0648. The van der Waals surface area contributed by atoms with E-state index in [1.807, 2.05) is 0 Å². The van der Waals surface area contributed by atoms with Crippen molar-refractivity contribution in [3.63, 3.8) is 0 Å². The van der Waals surface area contributed by atoms with E-state index >= 15 is 0 Å². The summed E-state index contributed by atoms with van der Waals surface area (Å²) in [6.07, 6.45) is 0. The lowest BCUT2D eigenvalue weighted by molar-refractivity contribution is -0.110. The summed E-state index contributed by atoms with van der Waals surface area (Å²) in [6, 6.07) is 0. The number of methoxy groups -OCH3 is 1. The highest BCUT2D eigenvalue weighted by atomic mass is 35.5. The Morgan fingerprint density at radius 1 is 1.58 bits per heavy atom. The van der Waals surface area contributed by atoms with Crippen LogP contribution in [-0.4, -0.2) is 36.6 Å². The van der Waals surface area contributed by atoms with Crippen LogP contribution in [0.2, 0.25) is 0 Å². The molecular formula is C6H8ClNO3S. The second kappa shape index (κ2) is 5.91. The van der Waals surface area contributed by atoms with Crippen LogP contribution in [0, 0.1) is 0 Å². The van der Waals surface area contributed by atoms with Gasteiger partial charge < -0.3 is 9.57 Å². The second-order valence-corrected chi connectivity index (χ2v) is 2.31. The van der Waals surface area contributed by atoms with E-state index in [4.69, 9.17) is 11.6 Å². The van der Waals surface area contributed by atoms with Gasteiger partial charge in [-0.25, -0.2) is 0 Å². The van der Waals surface area contributed by atoms with Crippen molar-refractivity contribution in [1.29, 1.82) is 0 Å². The number of rotatable bonds is 4. The van der Waals surface area contributed by atoms with Gasteiger partial charge >= 0.3 is 0 Å². The highest BCUT2D eigenvalue weighted by molar-refractivity contribution is 7.82. The quantitative estimate of drug-likeness (QED) is 0.297. The number of nitrogens with zero attached hydrogens (tertiary/aromatic N) is 1. The van der Waals surface area contributed by atoms with E-state index in [-0.39, 0.29) is 16.6 Å². The third-order valence-corrected chi connectivity index (χ3v) is 1.55. The van der Waals surface area contributed by atoms with Gasteiger partial charge in [0, 0.05) is 0 Å². The van der Waals surface area contributed by atoms with Crippen LogP contribution in [0.1, 0.15) is 0 Å². The molecule has 0 heterocycles. The molecule has 0 aromatic heterocycles. The third kappa shape index (κ3) is 3.15. The van der Waals surface area contributed by atoms with Crippen molar-refractivity contribution in [1.82, 2.24) is 0 Å². The molecule has 0 aliphatic carbocycles. The molecule has 0 N–H and O–H groups in total. The predicted molar refractivity (Wildman–Crippen MR) is 49.8 cm³/mol. The van der Waals surface area contributed by atoms with Gasteiger partial charge in [0.1, 0.15) is 7.11 Å². The van der Waals surface area contributed by atoms with Crippen molar-refractivity contribution in [2.75, 3.05) is 20.1 Å². The SMILES string of the molecule is CON=C(C(=O)CCl)C(=S)OC. The van der Waals surface area contributed by atoms with Gasteiger partial charge in [-0.1, -0.05) is 5.16 Å². The number of carbonyl (C=O) groups excluding carboxylic acids is 1. The van der Waals surface area contributed by atoms with Crippen molar-refractivity contribution in [3.05, 3.63) is 0 Å². The highest BCUT2D eigenvalue weighted by Gasteiger charge is 2.16. The van der Waals surface area contributed by atoms with E-state index in [2.05, 4.69) is 26.9 Å². The topological polar surface area (TPSA) is 47.9 Å². The zero-order valence-electron chi connectivity index (χ0n) is 6.67. The molecule has 0 bridgehead atoms. The fourth-order valence-electron chi connectivity index (χ4n) is 0.453. The molecule has 0 aromatic carbocycles. The number of Topliss-reactive ketones (excluding diaryl/α,β-unsaturated/α-hetero) is 1. The summed E-state index contributed by atoms with van der Waals surface area (Å²) in [4.78, 5) is 15.4. The Morgan fingerprint density at radius 2 is 2.17 bits per heavy atom. The number of hydrogen-bond donors (Lipinski definition) is 0. The zero-order valence-corrected chi connectivity index (χ0v) is 8.24. The number of alkyl halides is 1. The monoisotopic (exact) mass is 209 g/mol. The smallest absolute Gasteiger partial charge is 0.217 e. The first-order valence-electron chi connectivity index (χ1n) is 2.96. The van der Waals surface area contributed by atoms with Gasteiger partial charge in [-0.3, -0.25) is 4.79 Å². The van der Waals surface area contributed by atoms with Gasteiger partial charge in [0.2, 0.25) is 10.8 Å². The summed E-state index contributed by atoms with van der Waals surface area (Å²) < 4.78 is 4.63. The molecule has 4 nitrogen and oxygen atoms in total. The molecule has 68 valence electrons. The number of hydrogen-bond acceptors (Lipinski definition) is 5. The van der Waals surface area contributed by atoms with E-state index in [9.17, 15) is 4.79 Å². The number of carbonyl (C=O) groups is 1. The Morgan fingerprint density at radius 3 is 2.50 bits per heavy atom. The average Bonchev–Trinajstić information content (AvgIpc) is 2.11. The van der Waals surface area contributed by atoms with Gasteiger partial charge in [0.25, 0.3) is 0 Å². The first-order valence-corrected chi connectivity index (χ1v) is 3.90. The molecule has 6 heteroatoms. The number of ketones is 1. The van der Waals surface area contributed by atoms with Crippen molar-refractivity contribution < 1.29 is 14.4 Å². The number of oxime groups is 1. The normalized spacial score (nSPS) is 10.8. The summed E-state index contributed by atoms with van der Waals surface area (Å²) >= 11 is 9.95. The molecule has 12 heavy (non-hydrogen) atoms. The maximum atomic E-state index is 11.0. The maximum Gasteiger partial charge on any atom is 0.217 e. The lowest BCUT2D eigenvalue weighted by Crippen LogP contribution is -2.25. The van der Waals surface area contributed by atoms with E-state index in [0.717, 1.165) is 0 Å². The van der Waals surface area contributed by atoms with Crippen LogP contribution < -0.4 is 0 Å². The highest BCUT2D eigenvalue weighted by Crippen LogP contribution is 1.92. The minimum absolute atomic E-state index is 0.0255. The zero-order chi connectivity index (χ0) is 9.56. The van der Waals surface area contributed by atoms with E-state index in [0.29, 0.717) is 0 Å². The van der Waals surface area contributed by atoms with E-state index < -0.39 is 5.78 Å². The van der Waals surface area contributed by atoms with Crippen LogP contribution in [0.15, 0.2) is 5.16 Å². The lowest BCUT2D eigenvalue weighted by Gasteiger charge is -2.01. The summed E-state index contributed by atoms with van der Waals surface area (Å²) in [5, 5.41) is 3.36. The first kappa shape index (κ1) is 11.3. The molecule has 0 spiro atoms. The summed E-state index contributed by atoms with van der Waals surface area (Å²) in [7, 11) is 2.65. The number of thiocarbonyl (C=S) groups is 1. The van der Waals surface area contributed by atoms with Crippen LogP contribution in [0.5, 0.6) is 0 Å². The summed E-state index contributed by atoms with van der Waals surface area (Å²) in [6.45, 7) is 0. The van der Waals surface area contributed by atoms with Crippen LogP contribution in [0.25, 0.3) is 0 Å². The van der Waals surface area contributed by atoms with Gasteiger partial charge in [-0.05, 0) is 12.2 Å². The molecule has 0 aliphatic heterocycles. The third-order valence-electron chi connectivity index (χ3n) is 0.947. The molecule has 0 amide bonds. The molecule has 0 fully saturated rings. The van der Waals surface area contributed by atoms with Gasteiger partial charge in [0.05, 0.1) is 13.0 Å². The Labute approximate surface area is 80.5 Å². The maximum absolute atomic E-state index is 11.0. The van der Waals surface area contributed by atoms with Crippen LogP contribution in [0.4, 0.5) is 0 Å². The Bertz CT molecular complexity index is 199. The van der Waals surface area contributed by atoms with Crippen molar-refractivity contribution in [2.24, 2.45) is 5.16 Å². The number of halogens is 1. The fraction of sp³-hybridized carbons (Fsp3) is 0.500. The molecule has 0 unspecified atom stereocenters. The molecule has 0 aromatic rings. The van der Waals surface area contributed by atoms with Crippen molar-refractivity contribution in [3.8, 4) is 0 Å². The lowest BCUT2D eigenvalue weighted by atomic mass is 10.3. The first-order chi connectivity index (χ1) is 5.67. The van der Waals surface area contributed by atoms with Gasteiger partial charge in [-0.15, -0.1) is 11.6 Å². The largest absolute Gasteiger partial charge is 0.485 e. The standard InChI is InChI=1S/C6H8ClNO3S/c1-10-6(12)5(8-11-2)4(9)3-7/h3H2,1-2H3. The average molecular weight is 210 g/mol. The Hall–Kier alpha value is -0.680. The van der Waals surface area contributed by atoms with Gasteiger partial charge in [0.15, 0.2) is 5.71 Å². The molecule has 0 rings (SSSR count). The van der Waals surface area contributed by atoms with E-state index in [1.54, 1.807) is 0 Å². The Kier molecular flexibility index (Phi) is 5.57. The molecule has 0 saturated heterocycles. The van der Waals surface area contributed by atoms with E-state index in [1.165, 1.54) is 14.2 Å². The van der Waals surface area contributed by atoms with Crippen molar-refractivity contribution in [2.45, 2.75) is 0 Å². The molecule has 0 saturated carbocycles. The predicted octanol–water partition coefficient (Wildman–Crippen LogP) is 0.771. The van der Waals surface area contributed by atoms with Crippen LogP contribution in [0.3, 0.4) is 0 Å². The molecule has 0 atom stereocenters. The molecule has 0 radical (unpaired) electrons. The molecular weight excluding hydrogens is 202 g/mol. The second-order valence-electron chi connectivity index (χ2n) is 1.67.